The maximum atomic E-state index is 11.4. The summed E-state index contributed by atoms with van der Waals surface area (Å²) in [6.45, 7) is 1.55. The van der Waals surface area contributed by atoms with Crippen LogP contribution in [0.4, 0.5) is 5.82 Å². The number of nitrogens with zero attached hydrogens (tertiary/aromatic N) is 3. The average molecular weight is 328 g/mol. The third-order valence-electron chi connectivity index (χ3n) is 4.00. The highest BCUT2D eigenvalue weighted by Crippen LogP contribution is 2.26. The van der Waals surface area contributed by atoms with Gasteiger partial charge in [-0.25, -0.2) is 9.97 Å². The van der Waals surface area contributed by atoms with E-state index in [1.165, 1.54) is 5.56 Å². The summed E-state index contributed by atoms with van der Waals surface area (Å²) in [5, 5.41) is 0.944. The summed E-state index contributed by atoms with van der Waals surface area (Å²) in [5.41, 5.74) is 6.72. The number of hydrogen-bond acceptors (Lipinski definition) is 5. The van der Waals surface area contributed by atoms with Gasteiger partial charge in [-0.3, -0.25) is 4.79 Å². The number of nitrogens with two attached hydrogens (primary N) is 1. The first-order valence-corrected chi connectivity index (χ1v) is 8.74. The molecule has 0 aliphatic carbocycles. The molecule has 3 rings (SSSR count). The fraction of sp³-hybridized carbons (Fsp3) is 0.353. The molecule has 0 unspecified atom stereocenters. The molecule has 1 aromatic carbocycles. The first-order valence-electron chi connectivity index (χ1n) is 7.75. The molecule has 0 spiro atoms. The van der Waals surface area contributed by atoms with Crippen LogP contribution in [0.2, 0.25) is 0 Å². The highest BCUT2D eigenvalue weighted by atomic mass is 32.2. The maximum Gasteiger partial charge on any atom is 0.222 e. The highest BCUT2D eigenvalue weighted by Gasteiger charge is 2.24. The lowest BCUT2D eigenvalue weighted by molar-refractivity contribution is -0.122. The Bertz CT molecular complexity index is 665. The van der Waals surface area contributed by atoms with Crippen molar-refractivity contribution in [1.29, 1.82) is 0 Å². The predicted molar refractivity (Wildman–Crippen MR) is 92.2 cm³/mol. The first kappa shape index (κ1) is 15.8. The van der Waals surface area contributed by atoms with Gasteiger partial charge in [0.2, 0.25) is 5.91 Å². The number of rotatable bonds is 5. The quantitative estimate of drug-likeness (QED) is 0.674. The SMILES string of the molecule is NC(=O)[C@@H]1CCCN(c2cc(SCc3ccccc3)ncn2)C1. The Kier molecular flexibility index (Phi) is 5.12. The molecule has 1 amide bonds. The van der Waals surface area contributed by atoms with E-state index < -0.39 is 0 Å². The Hall–Kier alpha value is -2.08. The van der Waals surface area contributed by atoms with Crippen LogP contribution in [0.15, 0.2) is 47.8 Å². The lowest BCUT2D eigenvalue weighted by Crippen LogP contribution is -2.41. The van der Waals surface area contributed by atoms with E-state index in [2.05, 4.69) is 27.0 Å². The monoisotopic (exact) mass is 328 g/mol. The molecule has 1 aliphatic heterocycles. The van der Waals surface area contributed by atoms with Crippen LogP contribution in [0.25, 0.3) is 0 Å². The standard InChI is InChI=1S/C17H20N4OS/c18-17(22)14-7-4-8-21(10-14)15-9-16(20-12-19-15)23-11-13-5-2-1-3-6-13/h1-3,5-6,9,12,14H,4,7-8,10-11H2,(H2,18,22)/t14-/m1/s1. The van der Waals surface area contributed by atoms with E-state index in [0.717, 1.165) is 36.0 Å². The minimum Gasteiger partial charge on any atom is -0.369 e. The molecule has 2 heterocycles. The van der Waals surface area contributed by atoms with Crippen LogP contribution in [-0.2, 0) is 10.5 Å². The van der Waals surface area contributed by atoms with Gasteiger partial charge in [-0.05, 0) is 18.4 Å². The number of carbonyl (C=O) groups is 1. The lowest BCUT2D eigenvalue weighted by atomic mass is 9.97. The summed E-state index contributed by atoms with van der Waals surface area (Å²) >= 11 is 1.69. The number of benzene rings is 1. The largest absolute Gasteiger partial charge is 0.369 e. The van der Waals surface area contributed by atoms with E-state index in [4.69, 9.17) is 5.73 Å². The normalized spacial score (nSPS) is 17.9. The van der Waals surface area contributed by atoms with Crippen LogP contribution in [0.1, 0.15) is 18.4 Å². The van der Waals surface area contributed by atoms with E-state index in [-0.39, 0.29) is 11.8 Å². The van der Waals surface area contributed by atoms with Crippen LogP contribution in [0.3, 0.4) is 0 Å². The van der Waals surface area contributed by atoms with Gasteiger partial charge < -0.3 is 10.6 Å². The van der Waals surface area contributed by atoms with Gasteiger partial charge >= 0.3 is 0 Å². The van der Waals surface area contributed by atoms with E-state index in [1.54, 1.807) is 18.1 Å². The van der Waals surface area contributed by atoms with Crippen molar-refractivity contribution in [3.63, 3.8) is 0 Å². The summed E-state index contributed by atoms with van der Waals surface area (Å²) < 4.78 is 0. The zero-order chi connectivity index (χ0) is 16.1. The maximum absolute atomic E-state index is 11.4. The van der Waals surface area contributed by atoms with Crippen molar-refractivity contribution >= 4 is 23.5 Å². The minimum atomic E-state index is -0.220. The van der Waals surface area contributed by atoms with Crippen LogP contribution in [-0.4, -0.2) is 29.0 Å². The Morgan fingerprint density at radius 3 is 2.91 bits per heavy atom. The van der Waals surface area contributed by atoms with Gasteiger partial charge in [-0.15, -0.1) is 11.8 Å². The predicted octanol–water partition coefficient (Wildman–Crippen LogP) is 2.47. The van der Waals surface area contributed by atoms with E-state index in [1.807, 2.05) is 24.3 Å². The van der Waals surface area contributed by atoms with Gasteiger partial charge in [-0.1, -0.05) is 30.3 Å². The molecule has 2 N–H and O–H groups in total. The molecule has 1 aromatic heterocycles. The Morgan fingerprint density at radius 1 is 1.30 bits per heavy atom. The van der Waals surface area contributed by atoms with Gasteiger partial charge in [0.25, 0.3) is 0 Å². The molecule has 0 bridgehead atoms. The van der Waals surface area contributed by atoms with Crippen molar-refractivity contribution < 1.29 is 4.79 Å². The number of aromatic nitrogens is 2. The van der Waals surface area contributed by atoms with Crippen LogP contribution < -0.4 is 10.6 Å². The van der Waals surface area contributed by atoms with Crippen molar-refractivity contribution in [3.05, 3.63) is 48.3 Å². The second kappa shape index (κ2) is 7.46. The molecular formula is C17H20N4OS. The minimum absolute atomic E-state index is 0.0841. The summed E-state index contributed by atoms with van der Waals surface area (Å²) in [6, 6.07) is 12.3. The fourth-order valence-corrected chi connectivity index (χ4v) is 3.55. The van der Waals surface area contributed by atoms with Gasteiger partial charge in [0.15, 0.2) is 0 Å². The molecule has 0 radical (unpaired) electrons. The van der Waals surface area contributed by atoms with Gasteiger partial charge in [-0.2, -0.15) is 0 Å². The number of carbonyl (C=O) groups excluding carboxylic acids is 1. The Morgan fingerprint density at radius 2 is 2.13 bits per heavy atom. The van der Waals surface area contributed by atoms with Gasteiger partial charge in [0.05, 0.1) is 5.92 Å². The Labute approximate surface area is 140 Å². The summed E-state index contributed by atoms with van der Waals surface area (Å²) in [6.07, 6.45) is 3.42. The molecule has 5 nitrogen and oxygen atoms in total. The van der Waals surface area contributed by atoms with Gasteiger partial charge in [0.1, 0.15) is 17.2 Å². The molecule has 1 aliphatic rings. The Balaban J connectivity index is 1.66. The number of amides is 1. The molecule has 1 saturated heterocycles. The fourth-order valence-electron chi connectivity index (χ4n) is 2.73. The van der Waals surface area contributed by atoms with Crippen LogP contribution in [0.5, 0.6) is 0 Å². The first-order chi connectivity index (χ1) is 11.2. The van der Waals surface area contributed by atoms with Crippen LogP contribution in [0, 0.1) is 5.92 Å². The molecule has 2 aromatic rings. The van der Waals surface area contributed by atoms with Crippen LogP contribution >= 0.6 is 11.8 Å². The van der Waals surface area contributed by atoms with Crippen molar-refractivity contribution in [1.82, 2.24) is 9.97 Å². The summed E-state index contributed by atoms with van der Waals surface area (Å²) in [7, 11) is 0. The molecule has 0 saturated carbocycles. The number of primary amides is 1. The van der Waals surface area contributed by atoms with Crippen molar-refractivity contribution in [3.8, 4) is 0 Å². The topological polar surface area (TPSA) is 72.1 Å². The van der Waals surface area contributed by atoms with Crippen molar-refractivity contribution in [2.75, 3.05) is 18.0 Å². The summed E-state index contributed by atoms with van der Waals surface area (Å²) in [5.74, 6) is 1.45. The lowest BCUT2D eigenvalue weighted by Gasteiger charge is -2.32. The third-order valence-corrected chi connectivity index (χ3v) is 5.00. The number of piperidine rings is 1. The highest BCUT2D eigenvalue weighted by molar-refractivity contribution is 7.98. The molecule has 23 heavy (non-hydrogen) atoms. The zero-order valence-corrected chi connectivity index (χ0v) is 13.7. The number of anilines is 1. The van der Waals surface area contributed by atoms with E-state index in [9.17, 15) is 4.79 Å². The second-order valence-corrected chi connectivity index (χ2v) is 6.67. The van der Waals surface area contributed by atoms with Crippen molar-refractivity contribution in [2.24, 2.45) is 11.7 Å². The number of hydrogen-bond donors (Lipinski definition) is 1. The molecular weight excluding hydrogens is 308 g/mol. The second-order valence-electron chi connectivity index (χ2n) is 5.68. The summed E-state index contributed by atoms with van der Waals surface area (Å²) in [4.78, 5) is 22.2. The molecule has 120 valence electrons. The molecule has 1 atom stereocenters. The average Bonchev–Trinajstić information content (AvgIpc) is 2.61. The number of thioether (sulfide) groups is 1. The van der Waals surface area contributed by atoms with Crippen molar-refractivity contribution in [2.45, 2.75) is 23.6 Å². The molecule has 6 heteroatoms. The van der Waals surface area contributed by atoms with Gasteiger partial charge in [0, 0.05) is 24.9 Å². The van der Waals surface area contributed by atoms with E-state index in [0.29, 0.717) is 6.54 Å². The third kappa shape index (κ3) is 4.22. The zero-order valence-electron chi connectivity index (χ0n) is 12.9. The molecule has 1 fully saturated rings. The smallest absolute Gasteiger partial charge is 0.222 e. The van der Waals surface area contributed by atoms with E-state index >= 15 is 0 Å².